The highest BCUT2D eigenvalue weighted by Gasteiger charge is 2.35. The van der Waals surface area contributed by atoms with Crippen LogP contribution in [0.3, 0.4) is 0 Å². The number of anilines is 1. The molecule has 0 unspecified atom stereocenters. The first-order chi connectivity index (χ1) is 11.3. The van der Waals surface area contributed by atoms with Crippen LogP contribution in [0.1, 0.15) is 40.4 Å². The van der Waals surface area contributed by atoms with Gasteiger partial charge in [-0.25, -0.2) is 13.4 Å². The van der Waals surface area contributed by atoms with E-state index in [1.54, 1.807) is 25.3 Å². The number of nitrogens with zero attached hydrogens (tertiary/aromatic N) is 3. The van der Waals surface area contributed by atoms with E-state index >= 15 is 0 Å². The summed E-state index contributed by atoms with van der Waals surface area (Å²) in [4.78, 5) is 24.0. The maximum Gasteiger partial charge on any atom is 0.269 e. The van der Waals surface area contributed by atoms with E-state index in [0.29, 0.717) is 35.6 Å². The summed E-state index contributed by atoms with van der Waals surface area (Å²) in [5.74, 6) is -0.660. The Morgan fingerprint density at radius 3 is 2.79 bits per heavy atom. The summed E-state index contributed by atoms with van der Waals surface area (Å²) in [5.41, 5.74) is 7.43. The lowest BCUT2D eigenvalue weighted by molar-refractivity contribution is 0.0994. The van der Waals surface area contributed by atoms with Crippen molar-refractivity contribution in [1.82, 2.24) is 15.0 Å². The molecular weight excluding hydrogens is 330 g/mol. The summed E-state index contributed by atoms with van der Waals surface area (Å²) in [6.45, 7) is 1.72. The van der Waals surface area contributed by atoms with Gasteiger partial charge in [-0.05, 0) is 31.9 Å². The zero-order valence-electron chi connectivity index (χ0n) is 13.1. The third kappa shape index (κ3) is 3.67. The molecule has 0 atom stereocenters. The predicted octanol–water partition coefficient (Wildman–Crippen LogP) is 0.774. The second-order valence-corrected chi connectivity index (χ2v) is 7.69. The monoisotopic (exact) mass is 347 g/mol. The lowest BCUT2D eigenvalue weighted by Crippen LogP contribution is -2.19. The number of amides is 1. The molecule has 2 aromatic heterocycles. The van der Waals surface area contributed by atoms with Gasteiger partial charge < -0.3 is 5.73 Å². The van der Waals surface area contributed by atoms with Gasteiger partial charge in [0.25, 0.3) is 5.91 Å². The number of carbonyl (C=O) groups is 1. The number of nitrogens with two attached hydrogens (primary N) is 1. The largest absolute Gasteiger partial charge is 0.364 e. The maximum absolute atomic E-state index is 12.0. The van der Waals surface area contributed by atoms with E-state index in [4.69, 9.17) is 5.73 Å². The molecule has 3 rings (SSSR count). The fraction of sp³-hybridized carbons (Fsp3) is 0.333. The van der Waals surface area contributed by atoms with Crippen LogP contribution in [0.15, 0.2) is 24.5 Å². The molecule has 24 heavy (non-hydrogen) atoms. The van der Waals surface area contributed by atoms with E-state index in [9.17, 15) is 13.2 Å². The van der Waals surface area contributed by atoms with Crippen molar-refractivity contribution in [1.29, 1.82) is 0 Å². The number of aromatic nitrogens is 3. The topological polar surface area (TPSA) is 128 Å². The van der Waals surface area contributed by atoms with Gasteiger partial charge in [0.1, 0.15) is 5.69 Å². The Morgan fingerprint density at radius 2 is 2.12 bits per heavy atom. The van der Waals surface area contributed by atoms with Gasteiger partial charge in [0.2, 0.25) is 10.0 Å². The highest BCUT2D eigenvalue weighted by atomic mass is 32.2. The van der Waals surface area contributed by atoms with Crippen LogP contribution >= 0.6 is 0 Å². The standard InChI is InChI=1S/C15H17N5O3S/c1-9-8-18-13(14(19-9)15(16)21)7-11-6-10(4-5-17-11)20-24(22,23)12-2-3-12/h4-6,8,12H,2-3,7H2,1H3,(H2,16,21)(H,17,20). The first-order valence-corrected chi connectivity index (χ1v) is 8.98. The number of rotatable bonds is 6. The van der Waals surface area contributed by atoms with Crippen LogP contribution in [-0.2, 0) is 16.4 Å². The predicted molar refractivity (Wildman–Crippen MR) is 87.9 cm³/mol. The molecule has 1 saturated carbocycles. The average molecular weight is 347 g/mol. The van der Waals surface area contributed by atoms with Crippen LogP contribution in [0.25, 0.3) is 0 Å². The Balaban J connectivity index is 1.84. The van der Waals surface area contributed by atoms with Gasteiger partial charge >= 0.3 is 0 Å². The van der Waals surface area contributed by atoms with Crippen LogP contribution in [-0.4, -0.2) is 34.5 Å². The summed E-state index contributed by atoms with van der Waals surface area (Å²) < 4.78 is 26.6. The van der Waals surface area contributed by atoms with Crippen molar-refractivity contribution in [3.63, 3.8) is 0 Å². The molecule has 2 heterocycles. The second kappa shape index (κ2) is 6.16. The molecule has 2 aromatic rings. The van der Waals surface area contributed by atoms with Crippen molar-refractivity contribution in [2.75, 3.05) is 4.72 Å². The highest BCUT2D eigenvalue weighted by molar-refractivity contribution is 7.93. The molecule has 1 amide bonds. The number of hydrogen-bond donors (Lipinski definition) is 2. The fourth-order valence-electron chi connectivity index (χ4n) is 2.26. The van der Waals surface area contributed by atoms with Gasteiger partial charge in [-0.15, -0.1) is 0 Å². The molecule has 1 aliphatic rings. The lowest BCUT2D eigenvalue weighted by atomic mass is 10.1. The van der Waals surface area contributed by atoms with Crippen LogP contribution in [0.4, 0.5) is 5.69 Å². The Labute approximate surface area is 139 Å². The fourth-order valence-corrected chi connectivity index (χ4v) is 3.64. The summed E-state index contributed by atoms with van der Waals surface area (Å²) in [7, 11) is -3.34. The van der Waals surface area contributed by atoms with E-state index in [-0.39, 0.29) is 17.4 Å². The molecule has 1 aliphatic carbocycles. The summed E-state index contributed by atoms with van der Waals surface area (Å²) in [6, 6.07) is 3.20. The Kier molecular flexibility index (Phi) is 4.18. The van der Waals surface area contributed by atoms with Crippen molar-refractivity contribution in [3.05, 3.63) is 47.3 Å². The Hall–Kier alpha value is -2.55. The van der Waals surface area contributed by atoms with E-state index in [0.717, 1.165) is 0 Å². The second-order valence-electron chi connectivity index (χ2n) is 5.73. The third-order valence-electron chi connectivity index (χ3n) is 3.59. The molecule has 0 aromatic carbocycles. The third-order valence-corrected chi connectivity index (χ3v) is 5.46. The van der Waals surface area contributed by atoms with Crippen LogP contribution in [0, 0.1) is 6.92 Å². The molecule has 0 spiro atoms. The van der Waals surface area contributed by atoms with Crippen LogP contribution in [0.5, 0.6) is 0 Å². The molecule has 0 saturated heterocycles. The SMILES string of the molecule is Cc1cnc(Cc2cc(NS(=O)(=O)C3CC3)ccn2)c(C(N)=O)n1. The summed E-state index contributed by atoms with van der Waals surface area (Å²) in [5, 5.41) is -0.307. The minimum absolute atomic E-state index is 0.0979. The molecule has 0 aliphatic heterocycles. The number of hydrogen-bond acceptors (Lipinski definition) is 6. The highest BCUT2D eigenvalue weighted by Crippen LogP contribution is 2.29. The lowest BCUT2D eigenvalue weighted by Gasteiger charge is -2.09. The maximum atomic E-state index is 12.0. The summed E-state index contributed by atoms with van der Waals surface area (Å²) >= 11 is 0. The zero-order valence-corrected chi connectivity index (χ0v) is 13.9. The quantitative estimate of drug-likeness (QED) is 0.794. The van der Waals surface area contributed by atoms with Gasteiger partial charge in [0.05, 0.1) is 22.3 Å². The van der Waals surface area contributed by atoms with Crippen molar-refractivity contribution in [2.45, 2.75) is 31.4 Å². The molecule has 0 bridgehead atoms. The average Bonchev–Trinajstić information content (AvgIpc) is 3.34. The minimum atomic E-state index is -3.34. The number of nitrogens with one attached hydrogen (secondary N) is 1. The van der Waals surface area contributed by atoms with Gasteiger partial charge in [0.15, 0.2) is 0 Å². The molecule has 1 fully saturated rings. The van der Waals surface area contributed by atoms with E-state index < -0.39 is 15.9 Å². The van der Waals surface area contributed by atoms with Crippen molar-refractivity contribution in [3.8, 4) is 0 Å². The van der Waals surface area contributed by atoms with E-state index in [1.807, 2.05) is 0 Å². The van der Waals surface area contributed by atoms with Gasteiger partial charge in [-0.3, -0.25) is 19.5 Å². The molecule has 8 nitrogen and oxygen atoms in total. The van der Waals surface area contributed by atoms with E-state index in [2.05, 4.69) is 19.7 Å². The number of carbonyl (C=O) groups excluding carboxylic acids is 1. The van der Waals surface area contributed by atoms with Gasteiger partial charge in [-0.1, -0.05) is 0 Å². The zero-order chi connectivity index (χ0) is 17.3. The Morgan fingerprint density at radius 1 is 1.38 bits per heavy atom. The number of primary amides is 1. The number of sulfonamides is 1. The van der Waals surface area contributed by atoms with Crippen LogP contribution < -0.4 is 10.5 Å². The Bertz CT molecular complexity index is 894. The molecule has 126 valence electrons. The summed E-state index contributed by atoms with van der Waals surface area (Å²) in [6.07, 6.45) is 4.65. The molecule has 9 heteroatoms. The van der Waals surface area contributed by atoms with Gasteiger partial charge in [0, 0.05) is 24.5 Å². The van der Waals surface area contributed by atoms with Crippen LogP contribution in [0.2, 0.25) is 0 Å². The minimum Gasteiger partial charge on any atom is -0.364 e. The van der Waals surface area contributed by atoms with Crippen molar-refractivity contribution in [2.24, 2.45) is 5.73 Å². The number of aryl methyl sites for hydroxylation is 1. The first kappa shape index (κ1) is 16.3. The molecule has 0 radical (unpaired) electrons. The van der Waals surface area contributed by atoms with Crippen molar-refractivity contribution < 1.29 is 13.2 Å². The normalized spacial score (nSPS) is 14.4. The smallest absolute Gasteiger partial charge is 0.269 e. The van der Waals surface area contributed by atoms with Gasteiger partial charge in [-0.2, -0.15) is 0 Å². The van der Waals surface area contributed by atoms with Crippen molar-refractivity contribution >= 4 is 21.6 Å². The number of pyridine rings is 1. The molecule has 3 N–H and O–H groups in total. The van der Waals surface area contributed by atoms with E-state index in [1.165, 1.54) is 6.20 Å². The first-order valence-electron chi connectivity index (χ1n) is 7.44. The molecular formula is C15H17N5O3S.